The fraction of sp³-hybridized carbons (Fsp3) is 0.857. The molecule has 1 aliphatic carbocycles. The van der Waals surface area contributed by atoms with Crippen molar-refractivity contribution in [3.05, 3.63) is 0 Å². The van der Waals surface area contributed by atoms with Crippen molar-refractivity contribution in [1.82, 2.24) is 5.32 Å². The van der Waals surface area contributed by atoms with Gasteiger partial charge >= 0.3 is 0 Å². The SMILES string of the molecule is CSCCC(C)NC(=O)C1(C(N)=S)CCCCCC1. The molecule has 1 fully saturated rings. The van der Waals surface area contributed by atoms with E-state index < -0.39 is 5.41 Å². The van der Waals surface area contributed by atoms with Crippen LogP contribution >= 0.6 is 24.0 Å². The molecule has 19 heavy (non-hydrogen) atoms. The standard InChI is InChI=1S/C14H26N2OS2/c1-11(7-10-19-2)16-13(17)14(12(15)18)8-5-3-4-6-9-14/h11H,3-10H2,1-2H3,(H2,15,18)(H,16,17). The molecule has 0 spiro atoms. The summed E-state index contributed by atoms with van der Waals surface area (Å²) in [6, 6.07) is 0.189. The van der Waals surface area contributed by atoms with E-state index in [1.54, 1.807) is 11.8 Å². The van der Waals surface area contributed by atoms with Crippen LogP contribution in [0.25, 0.3) is 0 Å². The van der Waals surface area contributed by atoms with Crippen molar-refractivity contribution in [2.75, 3.05) is 12.0 Å². The van der Waals surface area contributed by atoms with Gasteiger partial charge in [0.15, 0.2) is 0 Å². The third kappa shape index (κ3) is 4.63. The zero-order valence-electron chi connectivity index (χ0n) is 12.0. The second-order valence-electron chi connectivity index (χ2n) is 5.52. The van der Waals surface area contributed by atoms with Gasteiger partial charge in [-0.2, -0.15) is 11.8 Å². The molecular weight excluding hydrogens is 276 g/mol. The van der Waals surface area contributed by atoms with Crippen molar-refractivity contribution in [3.63, 3.8) is 0 Å². The van der Waals surface area contributed by atoms with Gasteiger partial charge in [-0.1, -0.05) is 37.9 Å². The molecule has 1 saturated carbocycles. The van der Waals surface area contributed by atoms with Crippen LogP contribution < -0.4 is 11.1 Å². The number of nitrogens with two attached hydrogens (primary N) is 1. The van der Waals surface area contributed by atoms with E-state index in [0.29, 0.717) is 4.99 Å². The first-order valence-electron chi connectivity index (χ1n) is 7.13. The Hall–Kier alpha value is -0.290. The van der Waals surface area contributed by atoms with Crippen molar-refractivity contribution in [2.45, 2.75) is 57.9 Å². The normalized spacial score (nSPS) is 20.3. The molecule has 0 heterocycles. The zero-order valence-corrected chi connectivity index (χ0v) is 13.7. The fourth-order valence-electron chi connectivity index (χ4n) is 2.65. The summed E-state index contributed by atoms with van der Waals surface area (Å²) in [4.78, 5) is 13.0. The number of rotatable bonds is 6. The van der Waals surface area contributed by atoms with Gasteiger partial charge in [-0.3, -0.25) is 4.79 Å². The number of hydrogen-bond acceptors (Lipinski definition) is 3. The summed E-state index contributed by atoms with van der Waals surface area (Å²) < 4.78 is 0. The van der Waals surface area contributed by atoms with Gasteiger partial charge in [-0.25, -0.2) is 0 Å². The van der Waals surface area contributed by atoms with Crippen LogP contribution in [0.5, 0.6) is 0 Å². The monoisotopic (exact) mass is 302 g/mol. The van der Waals surface area contributed by atoms with Gasteiger partial charge in [-0.05, 0) is 38.2 Å². The summed E-state index contributed by atoms with van der Waals surface area (Å²) in [5, 5.41) is 3.11. The summed E-state index contributed by atoms with van der Waals surface area (Å²) in [6.45, 7) is 2.05. The van der Waals surface area contributed by atoms with Crippen LogP contribution in [-0.4, -0.2) is 28.9 Å². The first-order valence-corrected chi connectivity index (χ1v) is 8.93. The maximum absolute atomic E-state index is 12.6. The van der Waals surface area contributed by atoms with Gasteiger partial charge in [0.1, 0.15) is 0 Å². The molecular formula is C14H26N2OS2. The second-order valence-corrected chi connectivity index (χ2v) is 6.94. The highest BCUT2D eigenvalue weighted by atomic mass is 32.2. The molecule has 1 rings (SSSR count). The summed E-state index contributed by atoms with van der Waals surface area (Å²) in [6.07, 6.45) is 9.14. The molecule has 110 valence electrons. The molecule has 0 radical (unpaired) electrons. The van der Waals surface area contributed by atoms with Crippen LogP contribution in [0, 0.1) is 5.41 Å². The molecule has 0 aromatic carbocycles. The maximum atomic E-state index is 12.6. The number of thioether (sulfide) groups is 1. The van der Waals surface area contributed by atoms with E-state index in [1.807, 2.05) is 0 Å². The Morgan fingerprint density at radius 2 is 1.95 bits per heavy atom. The molecule has 5 heteroatoms. The summed E-state index contributed by atoms with van der Waals surface area (Å²) >= 11 is 7.02. The van der Waals surface area contributed by atoms with Crippen LogP contribution in [0.2, 0.25) is 0 Å². The summed E-state index contributed by atoms with van der Waals surface area (Å²) in [5.41, 5.74) is 5.32. The fourth-order valence-corrected chi connectivity index (χ4v) is 3.53. The van der Waals surface area contributed by atoms with Gasteiger partial charge in [0, 0.05) is 6.04 Å². The Labute approximate surface area is 126 Å². The van der Waals surface area contributed by atoms with Crippen LogP contribution in [0.1, 0.15) is 51.9 Å². The third-order valence-corrected chi connectivity index (χ3v) is 5.03. The zero-order chi connectivity index (χ0) is 14.3. The maximum Gasteiger partial charge on any atom is 0.233 e. The van der Waals surface area contributed by atoms with Crippen LogP contribution in [0.4, 0.5) is 0 Å². The quantitative estimate of drug-likeness (QED) is 0.585. The Morgan fingerprint density at radius 1 is 1.37 bits per heavy atom. The molecule has 3 nitrogen and oxygen atoms in total. The van der Waals surface area contributed by atoms with Crippen LogP contribution in [-0.2, 0) is 4.79 Å². The minimum Gasteiger partial charge on any atom is -0.392 e. The Kier molecular flexibility index (Phi) is 7.15. The van der Waals surface area contributed by atoms with Gasteiger partial charge in [0.2, 0.25) is 5.91 Å². The minimum absolute atomic E-state index is 0.0514. The summed E-state index contributed by atoms with van der Waals surface area (Å²) in [5.74, 6) is 1.11. The first kappa shape index (κ1) is 16.8. The van der Waals surface area contributed by atoms with E-state index in [9.17, 15) is 4.79 Å². The lowest BCUT2D eigenvalue weighted by Gasteiger charge is -2.31. The average molecular weight is 303 g/mol. The van der Waals surface area contributed by atoms with Crippen LogP contribution in [0.15, 0.2) is 0 Å². The van der Waals surface area contributed by atoms with E-state index >= 15 is 0 Å². The topological polar surface area (TPSA) is 55.1 Å². The second kappa shape index (κ2) is 8.10. The van der Waals surface area contributed by atoms with E-state index in [1.165, 1.54) is 12.8 Å². The first-order chi connectivity index (χ1) is 9.03. The van der Waals surface area contributed by atoms with Crippen molar-refractivity contribution < 1.29 is 4.79 Å². The van der Waals surface area contributed by atoms with Gasteiger partial charge in [0.25, 0.3) is 0 Å². The minimum atomic E-state index is -0.598. The molecule has 3 N–H and O–H groups in total. The van der Waals surface area contributed by atoms with Gasteiger partial charge in [-0.15, -0.1) is 0 Å². The van der Waals surface area contributed by atoms with Gasteiger partial charge < -0.3 is 11.1 Å². The Morgan fingerprint density at radius 3 is 2.42 bits per heavy atom. The molecule has 0 aliphatic heterocycles. The lowest BCUT2D eigenvalue weighted by atomic mass is 9.79. The highest BCUT2D eigenvalue weighted by Crippen LogP contribution is 2.36. The van der Waals surface area contributed by atoms with E-state index in [2.05, 4.69) is 18.5 Å². The number of amides is 1. The van der Waals surface area contributed by atoms with Crippen molar-refractivity contribution in [1.29, 1.82) is 0 Å². The smallest absolute Gasteiger partial charge is 0.233 e. The number of carbonyl (C=O) groups is 1. The predicted molar refractivity (Wildman–Crippen MR) is 87.5 cm³/mol. The molecule has 1 unspecified atom stereocenters. The average Bonchev–Trinajstić information content (AvgIpc) is 2.62. The molecule has 0 aromatic heterocycles. The molecule has 0 aromatic rings. The Balaban J connectivity index is 2.69. The molecule has 1 atom stereocenters. The molecule has 1 amide bonds. The molecule has 0 saturated heterocycles. The molecule has 1 aliphatic rings. The largest absolute Gasteiger partial charge is 0.392 e. The van der Waals surface area contributed by atoms with Crippen molar-refractivity contribution in [2.24, 2.45) is 11.1 Å². The highest BCUT2D eigenvalue weighted by molar-refractivity contribution is 7.98. The number of carbonyl (C=O) groups excluding carboxylic acids is 1. The lowest BCUT2D eigenvalue weighted by molar-refractivity contribution is -0.128. The number of thiocarbonyl (C=S) groups is 1. The van der Waals surface area contributed by atoms with Crippen molar-refractivity contribution in [3.8, 4) is 0 Å². The number of nitrogens with one attached hydrogen (secondary N) is 1. The summed E-state index contributed by atoms with van der Waals surface area (Å²) in [7, 11) is 0. The van der Waals surface area contributed by atoms with E-state index in [0.717, 1.165) is 37.9 Å². The van der Waals surface area contributed by atoms with Gasteiger partial charge in [0.05, 0.1) is 10.4 Å². The Bertz CT molecular complexity index is 313. The van der Waals surface area contributed by atoms with E-state index in [4.69, 9.17) is 18.0 Å². The highest BCUT2D eigenvalue weighted by Gasteiger charge is 2.41. The van der Waals surface area contributed by atoms with Crippen LogP contribution in [0.3, 0.4) is 0 Å². The van der Waals surface area contributed by atoms with Crippen molar-refractivity contribution >= 4 is 34.9 Å². The van der Waals surface area contributed by atoms with E-state index in [-0.39, 0.29) is 11.9 Å². The third-order valence-electron chi connectivity index (χ3n) is 4.00. The lowest BCUT2D eigenvalue weighted by Crippen LogP contribution is -2.51. The predicted octanol–water partition coefficient (Wildman–Crippen LogP) is 2.87. The number of hydrogen-bond donors (Lipinski definition) is 2. The molecule has 0 bridgehead atoms.